The molecule has 6 nitrogen and oxygen atoms in total. The second-order valence-electron chi connectivity index (χ2n) is 5.71. The predicted octanol–water partition coefficient (Wildman–Crippen LogP) is 3.23. The zero-order chi connectivity index (χ0) is 17.5. The maximum atomic E-state index is 5.74. The van der Waals surface area contributed by atoms with Crippen LogP contribution in [0.15, 0.2) is 28.6 Å². The highest BCUT2D eigenvalue weighted by Crippen LogP contribution is 2.32. The molecule has 1 aliphatic rings. The Morgan fingerprint density at radius 1 is 1.28 bits per heavy atom. The van der Waals surface area contributed by atoms with Gasteiger partial charge in [0.2, 0.25) is 0 Å². The standard InChI is InChI=1S/C18H24N4O2S/c1-3-19-18(20-8-7-15-12-25-13(2)21-15)22-14-5-6-16-17(11-14)24-10-4-9-23-16/h5-6,11-12H,3-4,7-10H2,1-2H3,(H2,19,20,22). The van der Waals surface area contributed by atoms with Crippen LogP contribution in [0.4, 0.5) is 5.69 Å². The van der Waals surface area contributed by atoms with Crippen molar-refractivity contribution in [2.45, 2.75) is 26.7 Å². The van der Waals surface area contributed by atoms with E-state index < -0.39 is 0 Å². The molecular weight excluding hydrogens is 336 g/mol. The second-order valence-corrected chi connectivity index (χ2v) is 6.77. The van der Waals surface area contributed by atoms with Gasteiger partial charge in [-0.3, -0.25) is 4.99 Å². The molecule has 0 amide bonds. The van der Waals surface area contributed by atoms with Gasteiger partial charge in [-0.15, -0.1) is 11.3 Å². The quantitative estimate of drug-likeness (QED) is 0.633. The molecule has 134 valence electrons. The number of aliphatic imine (C=N–C) groups is 1. The van der Waals surface area contributed by atoms with Crippen LogP contribution in [0.2, 0.25) is 0 Å². The van der Waals surface area contributed by atoms with Crippen molar-refractivity contribution < 1.29 is 9.47 Å². The first-order valence-corrected chi connectivity index (χ1v) is 9.48. The van der Waals surface area contributed by atoms with Crippen LogP contribution < -0.4 is 20.1 Å². The summed E-state index contributed by atoms with van der Waals surface area (Å²) < 4.78 is 11.4. The van der Waals surface area contributed by atoms with Gasteiger partial charge < -0.3 is 20.1 Å². The highest BCUT2D eigenvalue weighted by atomic mass is 32.1. The minimum absolute atomic E-state index is 0.678. The summed E-state index contributed by atoms with van der Waals surface area (Å²) >= 11 is 1.67. The summed E-state index contributed by atoms with van der Waals surface area (Å²) in [7, 11) is 0. The van der Waals surface area contributed by atoms with Crippen molar-refractivity contribution in [3.8, 4) is 11.5 Å². The van der Waals surface area contributed by atoms with Gasteiger partial charge in [-0.2, -0.15) is 0 Å². The fourth-order valence-corrected chi connectivity index (χ4v) is 3.14. The van der Waals surface area contributed by atoms with Crippen molar-refractivity contribution in [2.24, 2.45) is 4.99 Å². The Morgan fingerprint density at radius 2 is 2.12 bits per heavy atom. The Bertz CT molecular complexity index is 730. The Hall–Kier alpha value is -2.28. The van der Waals surface area contributed by atoms with E-state index in [1.165, 1.54) is 0 Å². The molecule has 0 saturated heterocycles. The maximum absolute atomic E-state index is 5.74. The van der Waals surface area contributed by atoms with Gasteiger partial charge in [-0.25, -0.2) is 4.98 Å². The summed E-state index contributed by atoms with van der Waals surface area (Å²) in [6.45, 7) is 6.93. The maximum Gasteiger partial charge on any atom is 0.195 e. The third-order valence-electron chi connectivity index (χ3n) is 3.66. The molecule has 1 aromatic heterocycles. The Morgan fingerprint density at radius 3 is 2.88 bits per heavy atom. The first-order valence-electron chi connectivity index (χ1n) is 8.60. The van der Waals surface area contributed by atoms with E-state index in [9.17, 15) is 0 Å². The number of benzene rings is 1. The number of hydrogen-bond acceptors (Lipinski definition) is 5. The third-order valence-corrected chi connectivity index (χ3v) is 4.48. The fourth-order valence-electron chi connectivity index (χ4n) is 2.49. The number of aromatic nitrogens is 1. The van der Waals surface area contributed by atoms with Crippen LogP contribution in [-0.2, 0) is 6.42 Å². The average molecular weight is 360 g/mol. The summed E-state index contributed by atoms with van der Waals surface area (Å²) in [5, 5.41) is 9.78. The van der Waals surface area contributed by atoms with E-state index in [1.54, 1.807) is 11.3 Å². The van der Waals surface area contributed by atoms with Crippen LogP contribution >= 0.6 is 11.3 Å². The van der Waals surface area contributed by atoms with E-state index >= 15 is 0 Å². The van der Waals surface area contributed by atoms with Gasteiger partial charge in [-0.1, -0.05) is 0 Å². The van der Waals surface area contributed by atoms with Gasteiger partial charge in [-0.05, 0) is 26.0 Å². The minimum Gasteiger partial charge on any atom is -0.490 e. The molecule has 7 heteroatoms. The van der Waals surface area contributed by atoms with Crippen molar-refractivity contribution in [1.82, 2.24) is 10.3 Å². The van der Waals surface area contributed by atoms with Gasteiger partial charge in [0.25, 0.3) is 0 Å². The number of fused-ring (bicyclic) bond motifs is 1. The number of ether oxygens (including phenoxy) is 2. The number of anilines is 1. The van der Waals surface area contributed by atoms with Gasteiger partial charge >= 0.3 is 0 Å². The highest BCUT2D eigenvalue weighted by Gasteiger charge is 2.11. The van der Waals surface area contributed by atoms with Crippen LogP contribution in [0.1, 0.15) is 24.0 Å². The molecule has 0 radical (unpaired) electrons. The van der Waals surface area contributed by atoms with E-state index in [-0.39, 0.29) is 0 Å². The molecule has 2 N–H and O–H groups in total. The number of nitrogens with one attached hydrogen (secondary N) is 2. The Balaban J connectivity index is 1.64. The summed E-state index contributed by atoms with van der Waals surface area (Å²) in [5.74, 6) is 2.32. The molecule has 3 rings (SSSR count). The summed E-state index contributed by atoms with van der Waals surface area (Å²) in [4.78, 5) is 9.10. The first-order chi connectivity index (χ1) is 12.2. The SMILES string of the molecule is CCNC(=NCCc1csc(C)n1)Nc1ccc2c(c1)OCCCO2. The molecule has 2 aromatic rings. The molecule has 0 atom stereocenters. The molecule has 1 aliphatic heterocycles. The zero-order valence-corrected chi connectivity index (χ0v) is 15.5. The lowest BCUT2D eigenvalue weighted by Crippen LogP contribution is -2.30. The molecule has 0 fully saturated rings. The van der Waals surface area contributed by atoms with Crippen LogP contribution in [0.3, 0.4) is 0 Å². The second kappa shape index (κ2) is 8.71. The molecule has 0 aliphatic carbocycles. The van der Waals surface area contributed by atoms with Crippen LogP contribution in [0.25, 0.3) is 0 Å². The molecular formula is C18H24N4O2S. The molecule has 0 unspecified atom stereocenters. The fraction of sp³-hybridized carbons (Fsp3) is 0.444. The average Bonchev–Trinajstić information content (AvgIpc) is 2.88. The van der Waals surface area contributed by atoms with E-state index in [4.69, 9.17) is 9.47 Å². The zero-order valence-electron chi connectivity index (χ0n) is 14.7. The summed E-state index contributed by atoms with van der Waals surface area (Å²) in [6.07, 6.45) is 1.74. The van der Waals surface area contributed by atoms with E-state index in [0.717, 1.165) is 53.2 Å². The van der Waals surface area contributed by atoms with Gasteiger partial charge in [0.05, 0.1) is 23.9 Å². The molecule has 0 saturated carbocycles. The first kappa shape index (κ1) is 17.5. The lowest BCUT2D eigenvalue weighted by molar-refractivity contribution is 0.297. The highest BCUT2D eigenvalue weighted by molar-refractivity contribution is 7.09. The molecule has 1 aromatic carbocycles. The van der Waals surface area contributed by atoms with Crippen molar-refractivity contribution >= 4 is 23.0 Å². The van der Waals surface area contributed by atoms with E-state index in [1.807, 2.05) is 25.1 Å². The number of rotatable bonds is 5. The number of aryl methyl sites for hydroxylation is 1. The van der Waals surface area contributed by atoms with Gasteiger partial charge in [0.1, 0.15) is 0 Å². The van der Waals surface area contributed by atoms with Crippen molar-refractivity contribution in [3.63, 3.8) is 0 Å². The summed E-state index contributed by atoms with van der Waals surface area (Å²) in [6, 6.07) is 5.87. The largest absolute Gasteiger partial charge is 0.490 e. The van der Waals surface area contributed by atoms with Gasteiger partial charge in [0.15, 0.2) is 17.5 Å². The number of guanidine groups is 1. The van der Waals surface area contributed by atoms with Crippen molar-refractivity contribution in [1.29, 1.82) is 0 Å². The van der Waals surface area contributed by atoms with E-state index in [2.05, 4.69) is 32.9 Å². The number of nitrogens with zero attached hydrogens (tertiary/aromatic N) is 2. The molecule has 25 heavy (non-hydrogen) atoms. The number of hydrogen-bond donors (Lipinski definition) is 2. The monoisotopic (exact) mass is 360 g/mol. The smallest absolute Gasteiger partial charge is 0.195 e. The van der Waals surface area contributed by atoms with E-state index in [0.29, 0.717) is 19.8 Å². The summed E-state index contributed by atoms with van der Waals surface area (Å²) in [5.41, 5.74) is 2.02. The third kappa shape index (κ3) is 5.09. The predicted molar refractivity (Wildman–Crippen MR) is 102 cm³/mol. The molecule has 2 heterocycles. The molecule has 0 bridgehead atoms. The van der Waals surface area contributed by atoms with Crippen LogP contribution in [-0.4, -0.2) is 37.2 Å². The Kier molecular flexibility index (Phi) is 6.11. The lowest BCUT2D eigenvalue weighted by atomic mass is 10.2. The Labute approximate surface area is 152 Å². The number of thiazole rings is 1. The van der Waals surface area contributed by atoms with Crippen molar-refractivity contribution in [2.75, 3.05) is 31.6 Å². The topological polar surface area (TPSA) is 67.8 Å². The molecule has 0 spiro atoms. The van der Waals surface area contributed by atoms with Gasteiger partial charge in [0, 0.05) is 43.1 Å². The minimum atomic E-state index is 0.678. The van der Waals surface area contributed by atoms with Crippen LogP contribution in [0.5, 0.6) is 11.5 Å². The van der Waals surface area contributed by atoms with Crippen molar-refractivity contribution in [3.05, 3.63) is 34.3 Å². The normalized spacial score (nSPS) is 14.1. The lowest BCUT2D eigenvalue weighted by Gasteiger charge is -2.13. The van der Waals surface area contributed by atoms with Crippen LogP contribution in [0, 0.1) is 6.92 Å².